The van der Waals surface area contributed by atoms with E-state index in [-0.39, 0.29) is 0 Å². The standard InChI is InChI=1S/C11H13F4NO/c1-7-4-8(12)2-3-9(7)10(5-17)16-6-11(13,14)15/h2-4,10,16-17H,5-6H2,1H3. The van der Waals surface area contributed by atoms with Crippen LogP contribution in [-0.4, -0.2) is 24.4 Å². The third-order valence-electron chi connectivity index (χ3n) is 2.34. The zero-order valence-corrected chi connectivity index (χ0v) is 9.18. The van der Waals surface area contributed by atoms with E-state index >= 15 is 0 Å². The van der Waals surface area contributed by atoms with E-state index in [1.807, 2.05) is 0 Å². The molecule has 0 aliphatic heterocycles. The Kier molecular flexibility index (Phi) is 4.47. The molecule has 2 nitrogen and oxygen atoms in total. The Hall–Kier alpha value is -1.14. The Morgan fingerprint density at radius 1 is 1.35 bits per heavy atom. The van der Waals surface area contributed by atoms with Crippen LogP contribution in [-0.2, 0) is 0 Å². The summed E-state index contributed by atoms with van der Waals surface area (Å²) in [4.78, 5) is 0. The number of hydrogen-bond acceptors (Lipinski definition) is 2. The average molecular weight is 251 g/mol. The van der Waals surface area contributed by atoms with Gasteiger partial charge in [0.05, 0.1) is 19.2 Å². The maximum atomic E-state index is 12.8. The molecule has 96 valence electrons. The Morgan fingerprint density at radius 3 is 2.47 bits per heavy atom. The quantitative estimate of drug-likeness (QED) is 0.805. The van der Waals surface area contributed by atoms with Gasteiger partial charge in [-0.3, -0.25) is 5.32 Å². The van der Waals surface area contributed by atoms with Gasteiger partial charge in [-0.15, -0.1) is 0 Å². The number of hydrogen-bond donors (Lipinski definition) is 2. The number of aryl methyl sites for hydroxylation is 1. The maximum absolute atomic E-state index is 12.8. The third-order valence-corrected chi connectivity index (χ3v) is 2.34. The number of benzene rings is 1. The molecule has 0 aliphatic rings. The van der Waals surface area contributed by atoms with Gasteiger partial charge in [0.2, 0.25) is 0 Å². The number of halogens is 4. The van der Waals surface area contributed by atoms with E-state index in [9.17, 15) is 17.6 Å². The number of rotatable bonds is 4. The average Bonchev–Trinajstić information content (AvgIpc) is 2.19. The predicted molar refractivity (Wildman–Crippen MR) is 55.0 cm³/mol. The van der Waals surface area contributed by atoms with Crippen LogP contribution in [0.4, 0.5) is 17.6 Å². The number of alkyl halides is 3. The predicted octanol–water partition coefficient (Wildman–Crippen LogP) is 2.32. The molecule has 0 aromatic heterocycles. The van der Waals surface area contributed by atoms with Crippen LogP contribution in [0.3, 0.4) is 0 Å². The highest BCUT2D eigenvalue weighted by atomic mass is 19.4. The summed E-state index contributed by atoms with van der Waals surface area (Å²) in [5.74, 6) is -0.459. The molecule has 1 rings (SSSR count). The van der Waals surface area contributed by atoms with Crippen molar-refractivity contribution in [3.05, 3.63) is 35.1 Å². The first-order valence-electron chi connectivity index (χ1n) is 5.00. The molecule has 0 aliphatic carbocycles. The minimum Gasteiger partial charge on any atom is -0.394 e. The fourth-order valence-corrected chi connectivity index (χ4v) is 1.54. The smallest absolute Gasteiger partial charge is 0.394 e. The highest BCUT2D eigenvalue weighted by Gasteiger charge is 2.28. The lowest BCUT2D eigenvalue weighted by Crippen LogP contribution is -2.34. The second-order valence-corrected chi connectivity index (χ2v) is 3.73. The Bertz CT molecular complexity index is 378. The van der Waals surface area contributed by atoms with Gasteiger partial charge in [-0.1, -0.05) is 6.07 Å². The zero-order chi connectivity index (χ0) is 13.1. The lowest BCUT2D eigenvalue weighted by atomic mass is 10.0. The SMILES string of the molecule is Cc1cc(F)ccc1C(CO)NCC(F)(F)F. The molecule has 1 aromatic carbocycles. The molecule has 2 N–H and O–H groups in total. The first-order chi connectivity index (χ1) is 7.83. The van der Waals surface area contributed by atoms with Crippen LogP contribution >= 0.6 is 0 Å². The molecule has 0 bridgehead atoms. The van der Waals surface area contributed by atoms with Gasteiger partial charge in [0.15, 0.2) is 0 Å². The lowest BCUT2D eigenvalue weighted by Gasteiger charge is -2.19. The molecule has 17 heavy (non-hydrogen) atoms. The monoisotopic (exact) mass is 251 g/mol. The van der Waals surface area contributed by atoms with E-state index in [0.717, 1.165) is 6.07 Å². The molecule has 1 unspecified atom stereocenters. The van der Waals surface area contributed by atoms with Crippen molar-refractivity contribution in [2.24, 2.45) is 0 Å². The van der Waals surface area contributed by atoms with Crippen LogP contribution in [0.1, 0.15) is 17.2 Å². The Labute approximate surface area is 96.3 Å². The van der Waals surface area contributed by atoms with E-state index in [1.54, 1.807) is 6.92 Å². The van der Waals surface area contributed by atoms with Gasteiger partial charge in [0, 0.05) is 0 Å². The van der Waals surface area contributed by atoms with E-state index in [1.165, 1.54) is 12.1 Å². The number of nitrogens with one attached hydrogen (secondary N) is 1. The van der Waals surface area contributed by atoms with Crippen LogP contribution in [0, 0.1) is 12.7 Å². The van der Waals surface area contributed by atoms with Crippen molar-refractivity contribution in [2.45, 2.75) is 19.1 Å². The maximum Gasteiger partial charge on any atom is 0.401 e. The molecule has 0 saturated carbocycles. The molecule has 0 radical (unpaired) electrons. The summed E-state index contributed by atoms with van der Waals surface area (Å²) < 4.78 is 48.9. The molecule has 1 atom stereocenters. The van der Waals surface area contributed by atoms with Gasteiger partial charge in [-0.25, -0.2) is 4.39 Å². The third kappa shape index (κ3) is 4.32. The first kappa shape index (κ1) is 13.9. The van der Waals surface area contributed by atoms with Crippen LogP contribution < -0.4 is 5.32 Å². The largest absolute Gasteiger partial charge is 0.401 e. The molecule has 6 heteroatoms. The summed E-state index contributed by atoms with van der Waals surface area (Å²) in [7, 11) is 0. The zero-order valence-electron chi connectivity index (χ0n) is 9.18. The minimum absolute atomic E-state index is 0.457. The second kappa shape index (κ2) is 5.46. The Morgan fingerprint density at radius 2 is 2.00 bits per heavy atom. The van der Waals surface area contributed by atoms with Crippen molar-refractivity contribution < 1.29 is 22.7 Å². The fourth-order valence-electron chi connectivity index (χ4n) is 1.54. The highest BCUT2D eigenvalue weighted by Crippen LogP contribution is 2.20. The molecular formula is C11H13F4NO. The van der Waals surface area contributed by atoms with Gasteiger partial charge in [-0.05, 0) is 30.2 Å². The van der Waals surface area contributed by atoms with Crippen molar-refractivity contribution in [2.75, 3.05) is 13.2 Å². The number of aliphatic hydroxyl groups excluding tert-OH is 1. The topological polar surface area (TPSA) is 32.3 Å². The summed E-state index contributed by atoms with van der Waals surface area (Å²) in [6, 6.07) is 2.89. The molecule has 1 aromatic rings. The molecule has 0 amide bonds. The minimum atomic E-state index is -4.35. The van der Waals surface area contributed by atoms with Crippen LogP contribution in [0.2, 0.25) is 0 Å². The van der Waals surface area contributed by atoms with Crippen molar-refractivity contribution >= 4 is 0 Å². The van der Waals surface area contributed by atoms with Crippen LogP contribution in [0.15, 0.2) is 18.2 Å². The van der Waals surface area contributed by atoms with Crippen molar-refractivity contribution in [3.8, 4) is 0 Å². The molecule has 0 saturated heterocycles. The Balaban J connectivity index is 2.79. The van der Waals surface area contributed by atoms with E-state index < -0.39 is 31.2 Å². The molecule has 0 heterocycles. The first-order valence-corrected chi connectivity index (χ1v) is 5.00. The van der Waals surface area contributed by atoms with Crippen LogP contribution in [0.5, 0.6) is 0 Å². The van der Waals surface area contributed by atoms with Gasteiger partial charge in [0.25, 0.3) is 0 Å². The molecule has 0 spiro atoms. The van der Waals surface area contributed by atoms with E-state index in [0.29, 0.717) is 11.1 Å². The highest BCUT2D eigenvalue weighted by molar-refractivity contribution is 5.29. The summed E-state index contributed by atoms with van der Waals surface area (Å²) in [6.07, 6.45) is -4.35. The van der Waals surface area contributed by atoms with Gasteiger partial charge < -0.3 is 5.11 Å². The summed E-state index contributed by atoms with van der Waals surface area (Å²) in [5.41, 5.74) is 0.955. The van der Waals surface area contributed by atoms with Crippen LogP contribution in [0.25, 0.3) is 0 Å². The van der Waals surface area contributed by atoms with Gasteiger partial charge in [-0.2, -0.15) is 13.2 Å². The van der Waals surface area contributed by atoms with Crippen molar-refractivity contribution in [3.63, 3.8) is 0 Å². The second-order valence-electron chi connectivity index (χ2n) is 3.73. The van der Waals surface area contributed by atoms with Crippen molar-refractivity contribution in [1.29, 1.82) is 0 Å². The van der Waals surface area contributed by atoms with Gasteiger partial charge >= 0.3 is 6.18 Å². The van der Waals surface area contributed by atoms with Gasteiger partial charge in [0.1, 0.15) is 5.82 Å². The van der Waals surface area contributed by atoms with Crippen molar-refractivity contribution in [1.82, 2.24) is 5.32 Å². The molecule has 0 fully saturated rings. The molecular weight excluding hydrogens is 238 g/mol. The van der Waals surface area contributed by atoms with E-state index in [4.69, 9.17) is 5.11 Å². The summed E-state index contributed by atoms with van der Waals surface area (Å²) in [5, 5.41) is 11.2. The van der Waals surface area contributed by atoms with E-state index in [2.05, 4.69) is 5.32 Å². The normalized spacial score (nSPS) is 13.8. The fraction of sp³-hybridized carbons (Fsp3) is 0.455. The number of aliphatic hydroxyl groups is 1. The summed E-state index contributed by atoms with van der Waals surface area (Å²) >= 11 is 0. The lowest BCUT2D eigenvalue weighted by molar-refractivity contribution is -0.126. The summed E-state index contributed by atoms with van der Waals surface area (Å²) in [6.45, 7) is -0.103.